The number of aromatic nitrogens is 1. The first-order valence-corrected chi connectivity index (χ1v) is 8.15. The van der Waals surface area contributed by atoms with Gasteiger partial charge in [-0.15, -0.1) is 11.3 Å². The largest absolute Gasteiger partial charge is 0.342 e. The molecular weight excluding hydrogens is 286 g/mol. The number of hydrogen-bond acceptors (Lipinski definition) is 4. The van der Waals surface area contributed by atoms with E-state index in [1.807, 2.05) is 34.6 Å². The van der Waals surface area contributed by atoms with Crippen molar-refractivity contribution in [2.45, 2.75) is 53.2 Å². The van der Waals surface area contributed by atoms with E-state index < -0.39 is 12.1 Å². The molecule has 0 aromatic carbocycles. The minimum absolute atomic E-state index is 0.00356. The number of rotatable bonds is 4. The summed E-state index contributed by atoms with van der Waals surface area (Å²) in [5.74, 6) is 0.0888. The Bertz CT molecular complexity index is 539. The molecule has 0 aliphatic carbocycles. The van der Waals surface area contributed by atoms with Gasteiger partial charge in [0.1, 0.15) is 17.1 Å². The summed E-state index contributed by atoms with van der Waals surface area (Å²) in [6.07, 6.45) is 1.80. The molecule has 0 bridgehead atoms. The van der Waals surface area contributed by atoms with Crippen molar-refractivity contribution in [2.24, 2.45) is 11.8 Å². The van der Waals surface area contributed by atoms with Gasteiger partial charge >= 0.3 is 0 Å². The molecule has 116 valence electrons. The van der Waals surface area contributed by atoms with E-state index in [4.69, 9.17) is 0 Å². The lowest BCUT2D eigenvalue weighted by Gasteiger charge is -2.41. The molecule has 0 saturated carbocycles. The second-order valence-corrected chi connectivity index (χ2v) is 7.57. The fourth-order valence-corrected chi connectivity index (χ4v) is 3.45. The second kappa shape index (κ2) is 6.13. The number of carbonyl (C=O) groups is 2. The molecule has 1 aromatic heterocycles. The van der Waals surface area contributed by atoms with Crippen LogP contribution < -0.4 is 5.32 Å². The van der Waals surface area contributed by atoms with Gasteiger partial charge in [0, 0.05) is 11.1 Å². The van der Waals surface area contributed by atoms with Gasteiger partial charge in [-0.3, -0.25) is 9.59 Å². The molecule has 6 heteroatoms. The number of carbonyl (C=O) groups excluding carboxylic acids is 2. The maximum atomic E-state index is 12.7. The van der Waals surface area contributed by atoms with Crippen LogP contribution in [0.1, 0.15) is 37.6 Å². The number of amides is 2. The summed E-state index contributed by atoms with van der Waals surface area (Å²) in [6, 6.07) is -0.856. The van der Waals surface area contributed by atoms with E-state index >= 15 is 0 Å². The van der Waals surface area contributed by atoms with Crippen LogP contribution in [0.15, 0.2) is 6.20 Å². The first-order valence-electron chi connectivity index (χ1n) is 7.33. The van der Waals surface area contributed by atoms with Gasteiger partial charge in [-0.2, -0.15) is 0 Å². The van der Waals surface area contributed by atoms with E-state index in [9.17, 15) is 9.59 Å². The Morgan fingerprint density at radius 2 is 1.95 bits per heavy atom. The van der Waals surface area contributed by atoms with Crippen molar-refractivity contribution in [1.82, 2.24) is 15.2 Å². The number of aryl methyl sites for hydroxylation is 1. The van der Waals surface area contributed by atoms with Crippen LogP contribution >= 0.6 is 11.3 Å². The van der Waals surface area contributed by atoms with Crippen LogP contribution in [0.5, 0.6) is 0 Å². The Morgan fingerprint density at radius 3 is 2.43 bits per heavy atom. The van der Waals surface area contributed by atoms with E-state index in [1.165, 1.54) is 0 Å². The molecule has 1 aliphatic rings. The standard InChI is InChI=1S/C15H23N3O2S/c1-8(2)12-15(20)18(7-11-16-6-10(5)21-11)13(9(3)4)14(19)17-12/h6,8-9,12-13H,7H2,1-5H3,(H,17,19). The minimum Gasteiger partial charge on any atom is -0.342 e. The molecular formula is C15H23N3O2S. The van der Waals surface area contributed by atoms with Crippen molar-refractivity contribution in [3.63, 3.8) is 0 Å². The molecule has 1 aromatic rings. The number of hydrogen-bond donors (Lipinski definition) is 1. The highest BCUT2D eigenvalue weighted by molar-refractivity contribution is 7.11. The van der Waals surface area contributed by atoms with Gasteiger partial charge < -0.3 is 10.2 Å². The van der Waals surface area contributed by atoms with E-state index in [-0.39, 0.29) is 23.7 Å². The Labute approximate surface area is 129 Å². The van der Waals surface area contributed by atoms with Gasteiger partial charge in [0.25, 0.3) is 0 Å². The summed E-state index contributed by atoms with van der Waals surface area (Å²) in [5, 5.41) is 3.75. The Hall–Kier alpha value is -1.43. The molecule has 1 aliphatic heterocycles. The number of nitrogens with zero attached hydrogens (tertiary/aromatic N) is 2. The van der Waals surface area contributed by atoms with Crippen LogP contribution in [0.3, 0.4) is 0 Å². The van der Waals surface area contributed by atoms with E-state index in [0.29, 0.717) is 6.54 Å². The summed E-state index contributed by atoms with van der Waals surface area (Å²) >= 11 is 1.57. The quantitative estimate of drug-likeness (QED) is 0.925. The predicted molar refractivity (Wildman–Crippen MR) is 82.8 cm³/mol. The van der Waals surface area contributed by atoms with Gasteiger partial charge in [-0.1, -0.05) is 27.7 Å². The highest BCUT2D eigenvalue weighted by Crippen LogP contribution is 2.24. The molecule has 21 heavy (non-hydrogen) atoms. The summed E-state index contributed by atoms with van der Waals surface area (Å²) in [5.41, 5.74) is 0. The molecule has 1 N–H and O–H groups in total. The Balaban J connectivity index is 2.29. The van der Waals surface area contributed by atoms with Crippen molar-refractivity contribution in [3.8, 4) is 0 Å². The smallest absolute Gasteiger partial charge is 0.246 e. The third-order valence-corrected chi connectivity index (χ3v) is 4.62. The molecule has 0 spiro atoms. The predicted octanol–water partition coefficient (Wildman–Crippen LogP) is 1.96. The number of piperazine rings is 1. The minimum atomic E-state index is -0.437. The van der Waals surface area contributed by atoms with Crippen molar-refractivity contribution in [2.75, 3.05) is 0 Å². The molecule has 1 fully saturated rings. The zero-order valence-corrected chi connectivity index (χ0v) is 14.0. The van der Waals surface area contributed by atoms with Crippen LogP contribution in [0, 0.1) is 18.8 Å². The molecule has 2 amide bonds. The lowest BCUT2D eigenvalue weighted by Crippen LogP contribution is -2.65. The lowest BCUT2D eigenvalue weighted by molar-refractivity contribution is -0.153. The summed E-state index contributed by atoms with van der Waals surface area (Å²) in [6.45, 7) is 10.2. The molecule has 2 unspecified atom stereocenters. The average Bonchev–Trinajstić information content (AvgIpc) is 2.78. The Morgan fingerprint density at radius 1 is 1.29 bits per heavy atom. The maximum Gasteiger partial charge on any atom is 0.246 e. The fourth-order valence-electron chi connectivity index (χ4n) is 2.67. The monoisotopic (exact) mass is 309 g/mol. The molecule has 2 rings (SSSR count). The highest BCUT2D eigenvalue weighted by Gasteiger charge is 2.43. The fraction of sp³-hybridized carbons (Fsp3) is 0.667. The third-order valence-electron chi connectivity index (χ3n) is 3.72. The van der Waals surface area contributed by atoms with Crippen molar-refractivity contribution < 1.29 is 9.59 Å². The molecule has 2 atom stereocenters. The van der Waals surface area contributed by atoms with E-state index in [2.05, 4.69) is 10.3 Å². The first kappa shape index (κ1) is 15.9. The van der Waals surface area contributed by atoms with Crippen molar-refractivity contribution in [1.29, 1.82) is 0 Å². The molecule has 5 nitrogen and oxygen atoms in total. The normalized spacial score (nSPS) is 23.1. The van der Waals surface area contributed by atoms with Crippen LogP contribution in [-0.2, 0) is 16.1 Å². The van der Waals surface area contributed by atoms with Gasteiger partial charge in [-0.05, 0) is 18.8 Å². The summed E-state index contributed by atoms with van der Waals surface area (Å²) in [7, 11) is 0. The topological polar surface area (TPSA) is 62.3 Å². The van der Waals surface area contributed by atoms with Gasteiger partial charge in [0.2, 0.25) is 11.8 Å². The zero-order valence-electron chi connectivity index (χ0n) is 13.2. The van der Waals surface area contributed by atoms with Crippen molar-refractivity contribution in [3.05, 3.63) is 16.1 Å². The third kappa shape index (κ3) is 3.26. The van der Waals surface area contributed by atoms with Crippen molar-refractivity contribution >= 4 is 23.2 Å². The van der Waals surface area contributed by atoms with Crippen LogP contribution in [-0.4, -0.2) is 33.8 Å². The van der Waals surface area contributed by atoms with Crippen LogP contribution in [0.2, 0.25) is 0 Å². The van der Waals surface area contributed by atoms with Gasteiger partial charge in [0.05, 0.1) is 6.54 Å². The second-order valence-electron chi connectivity index (χ2n) is 6.25. The van der Waals surface area contributed by atoms with Gasteiger partial charge in [0.15, 0.2) is 0 Å². The van der Waals surface area contributed by atoms with E-state index in [1.54, 1.807) is 22.4 Å². The number of thiazole rings is 1. The maximum absolute atomic E-state index is 12.7. The molecule has 2 heterocycles. The summed E-state index contributed by atoms with van der Waals surface area (Å²) in [4.78, 5) is 32.2. The first-order chi connectivity index (χ1) is 9.81. The highest BCUT2D eigenvalue weighted by atomic mass is 32.1. The lowest BCUT2D eigenvalue weighted by atomic mass is 9.93. The van der Waals surface area contributed by atoms with Crippen LogP contribution in [0.4, 0.5) is 0 Å². The summed E-state index contributed by atoms with van der Waals surface area (Å²) < 4.78 is 0. The van der Waals surface area contributed by atoms with Gasteiger partial charge in [-0.25, -0.2) is 4.98 Å². The molecule has 1 saturated heterocycles. The molecule has 0 radical (unpaired) electrons. The van der Waals surface area contributed by atoms with Crippen LogP contribution in [0.25, 0.3) is 0 Å². The van der Waals surface area contributed by atoms with E-state index in [0.717, 1.165) is 9.88 Å². The SMILES string of the molecule is Cc1cnc(CN2C(=O)C(C(C)C)NC(=O)C2C(C)C)s1. The number of nitrogens with one attached hydrogen (secondary N) is 1. The zero-order chi connectivity index (χ0) is 15.7. The Kier molecular flexibility index (Phi) is 4.66. The average molecular weight is 309 g/mol.